The predicted molar refractivity (Wildman–Crippen MR) is 48.9 cm³/mol. The number of sulfone groups is 1. The Kier molecular flexibility index (Phi) is 2.92. The van der Waals surface area contributed by atoms with E-state index < -0.39 is 15.9 Å². The van der Waals surface area contributed by atoms with Crippen molar-refractivity contribution < 1.29 is 13.2 Å². The third-order valence-corrected chi connectivity index (χ3v) is 3.85. The second-order valence-electron chi connectivity index (χ2n) is 3.30. The zero-order valence-corrected chi connectivity index (χ0v) is 8.30. The minimum absolute atomic E-state index is 0.0508. The van der Waals surface area contributed by atoms with Crippen LogP contribution in [0, 0.1) is 0 Å². The summed E-state index contributed by atoms with van der Waals surface area (Å²) in [5.41, 5.74) is 5.45. The van der Waals surface area contributed by atoms with Crippen LogP contribution in [-0.4, -0.2) is 37.9 Å². The summed E-state index contributed by atoms with van der Waals surface area (Å²) in [6, 6.07) is -0.751. The Labute approximate surface area is 77.6 Å². The Hall–Kier alpha value is -0.620. The smallest absolute Gasteiger partial charge is 0.237 e. The average molecular weight is 206 g/mol. The maximum Gasteiger partial charge on any atom is 0.237 e. The Morgan fingerprint density at radius 2 is 2.15 bits per heavy atom. The summed E-state index contributed by atoms with van der Waals surface area (Å²) in [7, 11) is -2.86. The van der Waals surface area contributed by atoms with Gasteiger partial charge in [0, 0.05) is 0 Å². The molecule has 0 spiro atoms. The van der Waals surface area contributed by atoms with Crippen molar-refractivity contribution in [1.82, 2.24) is 5.32 Å². The van der Waals surface area contributed by atoms with Crippen LogP contribution >= 0.6 is 0 Å². The van der Waals surface area contributed by atoms with E-state index in [2.05, 4.69) is 5.32 Å². The molecule has 76 valence electrons. The van der Waals surface area contributed by atoms with Gasteiger partial charge >= 0.3 is 0 Å². The van der Waals surface area contributed by atoms with Gasteiger partial charge in [-0.1, -0.05) is 6.92 Å². The molecule has 0 aromatic rings. The van der Waals surface area contributed by atoms with E-state index in [0.717, 1.165) is 0 Å². The fourth-order valence-electron chi connectivity index (χ4n) is 1.14. The fourth-order valence-corrected chi connectivity index (χ4v) is 2.44. The molecule has 1 atom stereocenters. The number of carbonyl (C=O) groups excluding carboxylic acids is 1. The summed E-state index contributed by atoms with van der Waals surface area (Å²) in [6.07, 6.45) is 0.561. The maximum absolute atomic E-state index is 11.2. The number of hydrogen-bond acceptors (Lipinski definition) is 4. The SMILES string of the molecule is CC[C@@H](N)C(=O)NC1CS(=O)(=O)C1. The van der Waals surface area contributed by atoms with Crippen LogP contribution in [-0.2, 0) is 14.6 Å². The van der Waals surface area contributed by atoms with Crippen molar-refractivity contribution in [3.63, 3.8) is 0 Å². The molecule has 1 rings (SSSR count). The van der Waals surface area contributed by atoms with Gasteiger partial charge in [-0.15, -0.1) is 0 Å². The molecular weight excluding hydrogens is 192 g/mol. The number of rotatable bonds is 3. The van der Waals surface area contributed by atoms with Gasteiger partial charge in [-0.3, -0.25) is 4.79 Å². The van der Waals surface area contributed by atoms with Gasteiger partial charge < -0.3 is 11.1 Å². The summed E-state index contributed by atoms with van der Waals surface area (Å²) in [5.74, 6) is -0.160. The first-order chi connectivity index (χ1) is 5.94. The van der Waals surface area contributed by atoms with E-state index in [4.69, 9.17) is 5.73 Å². The fraction of sp³-hybridized carbons (Fsp3) is 0.857. The van der Waals surface area contributed by atoms with Gasteiger partial charge in [-0.05, 0) is 6.42 Å². The number of amides is 1. The third-order valence-electron chi connectivity index (χ3n) is 2.03. The molecule has 0 radical (unpaired) electrons. The second kappa shape index (κ2) is 3.63. The van der Waals surface area contributed by atoms with Crippen molar-refractivity contribution >= 4 is 15.7 Å². The van der Waals surface area contributed by atoms with Crippen molar-refractivity contribution in [3.05, 3.63) is 0 Å². The minimum atomic E-state index is -2.86. The van der Waals surface area contributed by atoms with E-state index in [1.165, 1.54) is 0 Å². The number of carbonyl (C=O) groups is 1. The highest BCUT2D eigenvalue weighted by Gasteiger charge is 2.34. The molecule has 3 N–H and O–H groups in total. The molecule has 13 heavy (non-hydrogen) atoms. The molecule has 0 aromatic carbocycles. The van der Waals surface area contributed by atoms with Crippen molar-refractivity contribution in [3.8, 4) is 0 Å². The first kappa shape index (κ1) is 10.5. The summed E-state index contributed by atoms with van der Waals surface area (Å²) >= 11 is 0. The lowest BCUT2D eigenvalue weighted by Gasteiger charge is -2.27. The van der Waals surface area contributed by atoms with E-state index in [-0.39, 0.29) is 23.5 Å². The second-order valence-corrected chi connectivity index (χ2v) is 5.45. The zero-order valence-electron chi connectivity index (χ0n) is 7.49. The van der Waals surface area contributed by atoms with Crippen LogP contribution < -0.4 is 11.1 Å². The first-order valence-corrected chi connectivity index (χ1v) is 6.03. The normalized spacial score (nSPS) is 23.2. The molecule has 5 nitrogen and oxygen atoms in total. The number of hydrogen-bond donors (Lipinski definition) is 2. The molecule has 1 heterocycles. The molecule has 0 saturated carbocycles. The van der Waals surface area contributed by atoms with Gasteiger partial charge in [0.05, 0.1) is 23.6 Å². The monoisotopic (exact) mass is 206 g/mol. The van der Waals surface area contributed by atoms with Crippen LogP contribution in [0.3, 0.4) is 0 Å². The van der Waals surface area contributed by atoms with E-state index in [1.54, 1.807) is 0 Å². The van der Waals surface area contributed by atoms with Gasteiger partial charge in [-0.2, -0.15) is 0 Å². The Balaban J connectivity index is 2.32. The van der Waals surface area contributed by atoms with Crippen molar-refractivity contribution in [2.24, 2.45) is 5.73 Å². The first-order valence-electron chi connectivity index (χ1n) is 4.21. The van der Waals surface area contributed by atoms with Crippen LogP contribution in [0.15, 0.2) is 0 Å². The zero-order chi connectivity index (χ0) is 10.1. The Morgan fingerprint density at radius 3 is 2.54 bits per heavy atom. The molecule has 1 amide bonds. The molecule has 0 bridgehead atoms. The highest BCUT2D eigenvalue weighted by molar-refractivity contribution is 7.92. The largest absolute Gasteiger partial charge is 0.350 e. The Bertz CT molecular complexity index is 287. The quantitative estimate of drug-likeness (QED) is 0.596. The number of nitrogens with one attached hydrogen (secondary N) is 1. The van der Waals surface area contributed by atoms with E-state index in [9.17, 15) is 13.2 Å². The third kappa shape index (κ3) is 2.67. The van der Waals surface area contributed by atoms with Gasteiger partial charge in [0.15, 0.2) is 9.84 Å². The van der Waals surface area contributed by atoms with E-state index in [1.807, 2.05) is 6.92 Å². The van der Waals surface area contributed by atoms with Crippen LogP contribution in [0.4, 0.5) is 0 Å². The Morgan fingerprint density at radius 1 is 1.62 bits per heavy atom. The molecule has 6 heteroatoms. The van der Waals surface area contributed by atoms with Crippen LogP contribution in [0.5, 0.6) is 0 Å². The standard InChI is InChI=1S/C7H14N2O3S/c1-2-6(8)7(10)9-5-3-13(11,12)4-5/h5-6H,2-4,8H2,1H3,(H,9,10)/t6-/m1/s1. The van der Waals surface area contributed by atoms with E-state index in [0.29, 0.717) is 6.42 Å². The summed E-state index contributed by atoms with van der Waals surface area (Å²) < 4.78 is 21.5. The highest BCUT2D eigenvalue weighted by atomic mass is 32.2. The molecule has 0 aliphatic carbocycles. The topological polar surface area (TPSA) is 89.3 Å². The summed E-state index contributed by atoms with van der Waals surface area (Å²) in [5, 5.41) is 2.58. The number of nitrogens with two attached hydrogens (primary N) is 1. The van der Waals surface area contributed by atoms with Gasteiger partial charge in [0.25, 0.3) is 0 Å². The summed E-state index contributed by atoms with van der Waals surface area (Å²) in [6.45, 7) is 1.81. The molecule has 1 saturated heterocycles. The lowest BCUT2D eigenvalue weighted by Crippen LogP contribution is -2.56. The van der Waals surface area contributed by atoms with Crippen molar-refractivity contribution in [2.75, 3.05) is 11.5 Å². The van der Waals surface area contributed by atoms with Crippen molar-refractivity contribution in [2.45, 2.75) is 25.4 Å². The van der Waals surface area contributed by atoms with Gasteiger partial charge in [-0.25, -0.2) is 8.42 Å². The van der Waals surface area contributed by atoms with Gasteiger partial charge in [0.1, 0.15) is 0 Å². The average Bonchev–Trinajstić information content (AvgIpc) is 1.99. The highest BCUT2D eigenvalue weighted by Crippen LogP contribution is 2.10. The van der Waals surface area contributed by atoms with Crippen LogP contribution in [0.25, 0.3) is 0 Å². The minimum Gasteiger partial charge on any atom is -0.350 e. The molecule has 0 aromatic heterocycles. The molecule has 1 aliphatic heterocycles. The summed E-state index contributed by atoms with van der Waals surface area (Å²) in [4.78, 5) is 11.2. The van der Waals surface area contributed by atoms with Gasteiger partial charge in [0.2, 0.25) is 5.91 Å². The lowest BCUT2D eigenvalue weighted by molar-refractivity contribution is -0.122. The van der Waals surface area contributed by atoms with Crippen LogP contribution in [0.2, 0.25) is 0 Å². The molecule has 0 unspecified atom stereocenters. The maximum atomic E-state index is 11.2. The lowest BCUT2D eigenvalue weighted by atomic mass is 10.2. The molecule has 1 fully saturated rings. The van der Waals surface area contributed by atoms with Crippen molar-refractivity contribution in [1.29, 1.82) is 0 Å². The van der Waals surface area contributed by atoms with Crippen LogP contribution in [0.1, 0.15) is 13.3 Å². The molecular formula is C7H14N2O3S. The van der Waals surface area contributed by atoms with E-state index >= 15 is 0 Å². The predicted octanol–water partition coefficient (Wildman–Crippen LogP) is -1.36. The molecule has 1 aliphatic rings.